The van der Waals surface area contributed by atoms with Crippen LogP contribution in [-0.4, -0.2) is 20.3 Å². The largest absolute Gasteiger partial charge is 0.416 e. The molecule has 1 rings (SSSR count). The highest BCUT2D eigenvalue weighted by Crippen LogP contribution is 2.34. The molecule has 0 spiro atoms. The molecule has 0 heterocycles. The van der Waals surface area contributed by atoms with E-state index in [-0.39, 0.29) is 17.0 Å². The van der Waals surface area contributed by atoms with Gasteiger partial charge in [0.25, 0.3) is 0 Å². The smallest absolute Gasteiger partial charge is 0.210 e. The summed E-state index contributed by atoms with van der Waals surface area (Å²) in [4.78, 5) is -0.377. The normalized spacial score (nSPS) is 14.2. The van der Waals surface area contributed by atoms with E-state index in [9.17, 15) is 21.6 Å². The van der Waals surface area contributed by atoms with Crippen molar-refractivity contribution in [1.82, 2.24) is 4.72 Å². The Labute approximate surface area is 127 Å². The van der Waals surface area contributed by atoms with Crippen molar-refractivity contribution in [2.75, 3.05) is 6.54 Å². The molecule has 0 saturated heterocycles. The minimum absolute atomic E-state index is 0.0204. The third-order valence-corrected chi connectivity index (χ3v) is 4.92. The lowest BCUT2D eigenvalue weighted by Crippen LogP contribution is -2.30. The van der Waals surface area contributed by atoms with E-state index in [0.717, 1.165) is 31.5 Å². The first-order valence-electron chi connectivity index (χ1n) is 6.40. The van der Waals surface area contributed by atoms with Gasteiger partial charge in [-0.3, -0.25) is 0 Å². The molecule has 1 aromatic rings. The Morgan fingerprint density at radius 3 is 2.48 bits per heavy atom. The van der Waals surface area contributed by atoms with Crippen molar-refractivity contribution in [3.63, 3.8) is 0 Å². The summed E-state index contributed by atoms with van der Waals surface area (Å²) in [6, 6.07) is 3.08. The van der Waals surface area contributed by atoms with Crippen LogP contribution in [0.1, 0.15) is 30.9 Å². The minimum atomic E-state index is -4.59. The molecular formula is C13H17ClF3NO2S. The summed E-state index contributed by atoms with van der Waals surface area (Å²) in [5, 5.41) is -0.393. The lowest BCUT2D eigenvalue weighted by Gasteiger charge is -2.15. The summed E-state index contributed by atoms with van der Waals surface area (Å²) in [5.41, 5.74) is -1.28. The van der Waals surface area contributed by atoms with E-state index in [1.165, 1.54) is 0 Å². The number of hydrogen-bond donors (Lipinski definition) is 1. The summed E-state index contributed by atoms with van der Waals surface area (Å²) >= 11 is 5.91. The number of nitrogens with one attached hydrogen (secondary N) is 1. The number of rotatable bonds is 6. The van der Waals surface area contributed by atoms with Gasteiger partial charge in [-0.05, 0) is 31.0 Å². The fraction of sp³-hybridized carbons (Fsp3) is 0.538. The molecule has 8 heteroatoms. The number of hydrogen-bond acceptors (Lipinski definition) is 2. The summed E-state index contributed by atoms with van der Waals surface area (Å²) in [6.45, 7) is 3.02. The Hall–Kier alpha value is -0.790. The van der Waals surface area contributed by atoms with Crippen LogP contribution in [0.2, 0.25) is 0 Å². The highest BCUT2D eigenvalue weighted by atomic mass is 35.5. The summed E-state index contributed by atoms with van der Waals surface area (Å²) in [5.74, 6) is 0. The maximum atomic E-state index is 12.8. The molecule has 120 valence electrons. The number of alkyl halides is 4. The Morgan fingerprint density at radius 2 is 1.95 bits per heavy atom. The SMILES string of the molecule is CCCC(Cl)CNS(=O)(=O)c1cccc(C(F)(F)F)c1C. The average molecular weight is 344 g/mol. The van der Waals surface area contributed by atoms with Gasteiger partial charge in [-0.25, -0.2) is 13.1 Å². The van der Waals surface area contributed by atoms with Gasteiger partial charge in [0.2, 0.25) is 10.0 Å². The van der Waals surface area contributed by atoms with Crippen molar-refractivity contribution >= 4 is 21.6 Å². The second kappa shape index (κ2) is 6.98. The molecule has 0 amide bonds. The Kier molecular flexibility index (Phi) is 6.07. The molecule has 3 nitrogen and oxygen atoms in total. The molecule has 0 aliphatic rings. The van der Waals surface area contributed by atoms with Gasteiger partial charge in [0.15, 0.2) is 0 Å². The van der Waals surface area contributed by atoms with Crippen LogP contribution in [0.5, 0.6) is 0 Å². The van der Waals surface area contributed by atoms with Crippen molar-refractivity contribution in [2.24, 2.45) is 0 Å². The lowest BCUT2D eigenvalue weighted by molar-refractivity contribution is -0.138. The number of sulfonamides is 1. The standard InChI is InChI=1S/C13H17ClF3NO2S/c1-3-5-10(14)8-18-21(19,20)12-7-4-6-11(9(12)2)13(15,16)17/h4,6-7,10,18H,3,5,8H2,1-2H3. The van der Waals surface area contributed by atoms with Gasteiger partial charge in [0.1, 0.15) is 0 Å². The first kappa shape index (κ1) is 18.3. The van der Waals surface area contributed by atoms with Gasteiger partial charge >= 0.3 is 6.18 Å². The average Bonchev–Trinajstić information content (AvgIpc) is 2.35. The second-order valence-electron chi connectivity index (χ2n) is 4.66. The zero-order chi connectivity index (χ0) is 16.3. The third kappa shape index (κ3) is 4.86. The highest BCUT2D eigenvalue weighted by molar-refractivity contribution is 7.89. The van der Waals surface area contributed by atoms with Gasteiger partial charge in [-0.1, -0.05) is 19.4 Å². The van der Waals surface area contributed by atoms with Crippen LogP contribution in [0.25, 0.3) is 0 Å². The zero-order valence-corrected chi connectivity index (χ0v) is 13.2. The molecule has 0 saturated carbocycles. The van der Waals surface area contributed by atoms with E-state index >= 15 is 0 Å². The molecule has 1 N–H and O–H groups in total. The van der Waals surface area contributed by atoms with Crippen LogP contribution in [0.3, 0.4) is 0 Å². The first-order chi connectivity index (χ1) is 9.59. The molecule has 1 unspecified atom stereocenters. The predicted octanol–water partition coefficient (Wildman–Crippen LogP) is 3.70. The molecule has 1 aromatic carbocycles. The summed E-state index contributed by atoms with van der Waals surface area (Å²) in [6.07, 6.45) is -3.18. The van der Waals surface area contributed by atoms with Crippen molar-refractivity contribution < 1.29 is 21.6 Å². The minimum Gasteiger partial charge on any atom is -0.210 e. The quantitative estimate of drug-likeness (QED) is 0.800. The van der Waals surface area contributed by atoms with Gasteiger partial charge in [0, 0.05) is 11.9 Å². The van der Waals surface area contributed by atoms with Crippen LogP contribution in [0.4, 0.5) is 13.2 Å². The lowest BCUT2D eigenvalue weighted by atomic mass is 10.1. The van der Waals surface area contributed by atoms with Crippen molar-refractivity contribution in [2.45, 2.75) is 43.1 Å². The van der Waals surface area contributed by atoms with Crippen LogP contribution >= 0.6 is 11.6 Å². The van der Waals surface area contributed by atoms with E-state index in [4.69, 9.17) is 11.6 Å². The van der Waals surface area contributed by atoms with Crippen LogP contribution in [-0.2, 0) is 16.2 Å². The van der Waals surface area contributed by atoms with Gasteiger partial charge in [0.05, 0.1) is 10.5 Å². The molecule has 0 aliphatic heterocycles. The Morgan fingerprint density at radius 1 is 1.33 bits per heavy atom. The molecule has 0 radical (unpaired) electrons. The van der Waals surface area contributed by atoms with E-state index in [2.05, 4.69) is 4.72 Å². The molecular weight excluding hydrogens is 327 g/mol. The van der Waals surface area contributed by atoms with Crippen molar-refractivity contribution in [3.8, 4) is 0 Å². The van der Waals surface area contributed by atoms with Crippen molar-refractivity contribution in [3.05, 3.63) is 29.3 Å². The molecule has 1 atom stereocenters. The maximum Gasteiger partial charge on any atom is 0.416 e. The zero-order valence-electron chi connectivity index (χ0n) is 11.7. The topological polar surface area (TPSA) is 46.2 Å². The summed E-state index contributed by atoms with van der Waals surface area (Å²) < 4.78 is 64.8. The predicted molar refractivity (Wildman–Crippen MR) is 75.9 cm³/mol. The molecule has 0 bridgehead atoms. The van der Waals surface area contributed by atoms with Gasteiger partial charge in [-0.2, -0.15) is 13.2 Å². The van der Waals surface area contributed by atoms with Crippen LogP contribution < -0.4 is 4.72 Å². The third-order valence-electron chi connectivity index (χ3n) is 2.98. The number of halogens is 4. The first-order valence-corrected chi connectivity index (χ1v) is 8.32. The van der Waals surface area contributed by atoms with Crippen LogP contribution in [0.15, 0.2) is 23.1 Å². The van der Waals surface area contributed by atoms with Crippen LogP contribution in [0, 0.1) is 6.92 Å². The van der Waals surface area contributed by atoms with Crippen molar-refractivity contribution in [1.29, 1.82) is 0 Å². The highest BCUT2D eigenvalue weighted by Gasteiger charge is 2.34. The molecule has 0 fully saturated rings. The Balaban J connectivity index is 3.05. The second-order valence-corrected chi connectivity index (χ2v) is 7.02. The van der Waals surface area contributed by atoms with E-state index in [0.29, 0.717) is 6.42 Å². The fourth-order valence-corrected chi connectivity index (χ4v) is 3.64. The molecule has 0 aromatic heterocycles. The molecule has 0 aliphatic carbocycles. The van der Waals surface area contributed by atoms with E-state index < -0.39 is 27.1 Å². The van der Waals surface area contributed by atoms with E-state index in [1.54, 1.807) is 0 Å². The Bertz CT molecular complexity index is 588. The van der Waals surface area contributed by atoms with Gasteiger partial charge < -0.3 is 0 Å². The molecule has 21 heavy (non-hydrogen) atoms. The van der Waals surface area contributed by atoms with E-state index in [1.807, 2.05) is 6.92 Å². The maximum absolute atomic E-state index is 12.8. The van der Waals surface area contributed by atoms with Gasteiger partial charge in [-0.15, -0.1) is 11.6 Å². The monoisotopic (exact) mass is 343 g/mol. The summed E-state index contributed by atoms with van der Waals surface area (Å²) in [7, 11) is -4.02. The number of benzene rings is 1. The fourth-order valence-electron chi connectivity index (χ4n) is 1.91.